The van der Waals surface area contributed by atoms with Gasteiger partial charge in [-0.1, -0.05) is 11.6 Å². The first-order valence-electron chi connectivity index (χ1n) is 3.96. The molecule has 0 unspecified atom stereocenters. The van der Waals surface area contributed by atoms with Crippen molar-refractivity contribution in [1.29, 1.82) is 0 Å². The van der Waals surface area contributed by atoms with Crippen LogP contribution in [0.15, 0.2) is 33.5 Å². The van der Waals surface area contributed by atoms with Crippen LogP contribution < -0.4 is 5.63 Å². The maximum Gasteiger partial charge on any atom is 0.336 e. The Morgan fingerprint density at radius 3 is 2.73 bits per heavy atom. The molecule has 6 heteroatoms. The largest absolute Gasteiger partial charge is 0.415 e. The van der Waals surface area contributed by atoms with Gasteiger partial charge in [0.15, 0.2) is 0 Å². The second-order valence-corrected chi connectivity index (χ2v) is 3.29. The standard InChI is InChI=1S/C9H4ClNO4/c10-6-3-5-1-2-8(12)15-9(5)7(4-6)11(13)14/h1-4H. The summed E-state index contributed by atoms with van der Waals surface area (Å²) in [6.45, 7) is 0. The van der Waals surface area contributed by atoms with E-state index in [-0.39, 0.29) is 16.3 Å². The van der Waals surface area contributed by atoms with Crippen molar-refractivity contribution in [3.05, 3.63) is 49.8 Å². The number of nitrogens with zero attached hydrogens (tertiary/aromatic N) is 1. The summed E-state index contributed by atoms with van der Waals surface area (Å²) in [6, 6.07) is 5.25. The van der Waals surface area contributed by atoms with Crippen LogP contribution in [0.3, 0.4) is 0 Å². The Hall–Kier alpha value is -1.88. The molecule has 0 radical (unpaired) electrons. The molecule has 0 atom stereocenters. The van der Waals surface area contributed by atoms with E-state index in [1.165, 1.54) is 18.2 Å². The first-order valence-corrected chi connectivity index (χ1v) is 4.33. The molecular weight excluding hydrogens is 222 g/mol. The Labute approximate surface area is 88.0 Å². The average Bonchev–Trinajstić information content (AvgIpc) is 2.17. The lowest BCUT2D eigenvalue weighted by Gasteiger charge is -1.98. The minimum Gasteiger partial charge on any atom is -0.415 e. The number of non-ortho nitro benzene ring substituents is 1. The summed E-state index contributed by atoms with van der Waals surface area (Å²) >= 11 is 5.68. The number of hydrogen-bond donors (Lipinski definition) is 0. The molecule has 76 valence electrons. The molecule has 0 saturated carbocycles. The molecule has 0 bridgehead atoms. The highest BCUT2D eigenvalue weighted by Crippen LogP contribution is 2.28. The fraction of sp³-hybridized carbons (Fsp3) is 0. The third-order valence-electron chi connectivity index (χ3n) is 1.86. The lowest BCUT2D eigenvalue weighted by Crippen LogP contribution is -1.97. The quantitative estimate of drug-likeness (QED) is 0.424. The zero-order chi connectivity index (χ0) is 11.0. The summed E-state index contributed by atoms with van der Waals surface area (Å²) in [7, 11) is 0. The summed E-state index contributed by atoms with van der Waals surface area (Å²) in [5.41, 5.74) is -1.000. The fourth-order valence-corrected chi connectivity index (χ4v) is 1.48. The summed E-state index contributed by atoms with van der Waals surface area (Å²) in [5.74, 6) is 0. The Bertz CT molecular complexity index is 605. The monoisotopic (exact) mass is 225 g/mol. The molecule has 15 heavy (non-hydrogen) atoms. The van der Waals surface area contributed by atoms with Gasteiger partial charge in [-0.05, 0) is 12.1 Å². The second-order valence-electron chi connectivity index (χ2n) is 2.85. The fourth-order valence-electron chi connectivity index (χ4n) is 1.26. The second kappa shape index (κ2) is 3.36. The normalized spacial score (nSPS) is 10.5. The first-order chi connectivity index (χ1) is 7.08. The molecule has 5 nitrogen and oxygen atoms in total. The molecule has 0 aliphatic rings. The van der Waals surface area contributed by atoms with E-state index in [4.69, 9.17) is 16.0 Å². The van der Waals surface area contributed by atoms with Crippen LogP contribution in [0.25, 0.3) is 11.0 Å². The molecule has 1 aromatic heterocycles. The van der Waals surface area contributed by atoms with Gasteiger partial charge in [-0.25, -0.2) is 4.79 Å². The topological polar surface area (TPSA) is 73.3 Å². The lowest BCUT2D eigenvalue weighted by atomic mass is 10.2. The molecule has 0 spiro atoms. The van der Waals surface area contributed by atoms with Crippen molar-refractivity contribution < 1.29 is 9.34 Å². The third-order valence-corrected chi connectivity index (χ3v) is 2.08. The van der Waals surface area contributed by atoms with Gasteiger partial charge < -0.3 is 4.42 Å². The highest BCUT2D eigenvalue weighted by molar-refractivity contribution is 6.31. The number of nitro groups is 1. The molecule has 2 rings (SSSR count). The van der Waals surface area contributed by atoms with E-state index in [0.29, 0.717) is 5.39 Å². The van der Waals surface area contributed by atoms with Crippen molar-refractivity contribution in [2.24, 2.45) is 0 Å². The van der Waals surface area contributed by atoms with Crippen LogP contribution in [-0.2, 0) is 0 Å². The highest BCUT2D eigenvalue weighted by Gasteiger charge is 2.15. The van der Waals surface area contributed by atoms with Gasteiger partial charge in [-0.2, -0.15) is 0 Å². The first kappa shape index (κ1) is 9.67. The summed E-state index contributed by atoms with van der Waals surface area (Å²) < 4.78 is 4.75. The summed E-state index contributed by atoms with van der Waals surface area (Å²) in [5, 5.41) is 11.3. The Morgan fingerprint density at radius 2 is 2.07 bits per heavy atom. The number of fused-ring (bicyclic) bond motifs is 1. The lowest BCUT2D eigenvalue weighted by molar-refractivity contribution is -0.383. The van der Waals surface area contributed by atoms with Gasteiger partial charge >= 0.3 is 11.3 Å². The SMILES string of the molecule is O=c1ccc2cc(Cl)cc([N+](=O)[O-])c2o1. The molecule has 0 aliphatic heterocycles. The van der Waals surface area contributed by atoms with Crippen molar-refractivity contribution >= 4 is 28.3 Å². The van der Waals surface area contributed by atoms with Crippen LogP contribution >= 0.6 is 11.6 Å². The molecule has 0 fully saturated rings. The molecule has 2 aromatic rings. The van der Waals surface area contributed by atoms with Crippen molar-refractivity contribution in [2.75, 3.05) is 0 Å². The average molecular weight is 226 g/mol. The van der Waals surface area contributed by atoms with Gasteiger partial charge in [0.1, 0.15) is 0 Å². The maximum absolute atomic E-state index is 10.9. The van der Waals surface area contributed by atoms with E-state index in [2.05, 4.69) is 0 Å². The van der Waals surface area contributed by atoms with Gasteiger partial charge in [-0.3, -0.25) is 10.1 Å². The highest BCUT2D eigenvalue weighted by atomic mass is 35.5. The zero-order valence-electron chi connectivity index (χ0n) is 7.27. The van der Waals surface area contributed by atoms with Crippen LogP contribution in [0, 0.1) is 10.1 Å². The van der Waals surface area contributed by atoms with Gasteiger partial charge in [0, 0.05) is 22.5 Å². The molecular formula is C9H4ClNO4. The minimum atomic E-state index is -0.642. The van der Waals surface area contributed by atoms with Crippen LogP contribution in [0.5, 0.6) is 0 Å². The molecule has 0 N–H and O–H groups in total. The number of benzene rings is 1. The molecule has 0 amide bonds. The molecule has 0 saturated heterocycles. The number of halogens is 1. The van der Waals surface area contributed by atoms with Crippen molar-refractivity contribution in [3.63, 3.8) is 0 Å². The van der Waals surface area contributed by atoms with Crippen LogP contribution in [0.4, 0.5) is 5.69 Å². The Kier molecular flexibility index (Phi) is 2.17. The van der Waals surface area contributed by atoms with Crippen molar-refractivity contribution in [2.45, 2.75) is 0 Å². The van der Waals surface area contributed by atoms with Gasteiger partial charge in [0.2, 0.25) is 5.58 Å². The van der Waals surface area contributed by atoms with Gasteiger partial charge in [0.25, 0.3) is 0 Å². The number of hydrogen-bond acceptors (Lipinski definition) is 4. The predicted octanol–water partition coefficient (Wildman–Crippen LogP) is 2.35. The summed E-state index contributed by atoms with van der Waals surface area (Å²) in [4.78, 5) is 20.9. The maximum atomic E-state index is 10.9. The van der Waals surface area contributed by atoms with Crippen molar-refractivity contribution in [1.82, 2.24) is 0 Å². The van der Waals surface area contributed by atoms with E-state index in [9.17, 15) is 14.9 Å². The predicted molar refractivity (Wildman–Crippen MR) is 54.1 cm³/mol. The van der Waals surface area contributed by atoms with Gasteiger partial charge in [0.05, 0.1) is 4.92 Å². The molecule has 0 aliphatic carbocycles. The van der Waals surface area contributed by atoms with Crippen molar-refractivity contribution in [3.8, 4) is 0 Å². The molecule has 1 aromatic carbocycles. The Morgan fingerprint density at radius 1 is 1.33 bits per heavy atom. The van der Waals surface area contributed by atoms with E-state index in [0.717, 1.165) is 6.07 Å². The van der Waals surface area contributed by atoms with E-state index < -0.39 is 10.5 Å². The number of rotatable bonds is 1. The van der Waals surface area contributed by atoms with E-state index in [1.807, 2.05) is 0 Å². The van der Waals surface area contributed by atoms with Gasteiger partial charge in [-0.15, -0.1) is 0 Å². The Balaban J connectivity index is 2.94. The third kappa shape index (κ3) is 1.69. The van der Waals surface area contributed by atoms with Crippen LogP contribution in [0.1, 0.15) is 0 Å². The summed E-state index contributed by atoms with van der Waals surface area (Å²) in [6.07, 6.45) is 0. The smallest absolute Gasteiger partial charge is 0.336 e. The zero-order valence-corrected chi connectivity index (χ0v) is 8.02. The van der Waals surface area contributed by atoms with Crippen LogP contribution in [0.2, 0.25) is 5.02 Å². The van der Waals surface area contributed by atoms with E-state index in [1.54, 1.807) is 0 Å². The molecule has 1 heterocycles. The number of nitro benzene ring substituents is 1. The van der Waals surface area contributed by atoms with Crippen LogP contribution in [-0.4, -0.2) is 4.92 Å². The van der Waals surface area contributed by atoms with E-state index >= 15 is 0 Å². The minimum absolute atomic E-state index is 0.0584.